The average molecular weight is 964 g/mol. The van der Waals surface area contributed by atoms with Crippen molar-refractivity contribution in [2.45, 2.75) is 38.9 Å². The number of benzene rings is 7. The van der Waals surface area contributed by atoms with Gasteiger partial charge in [-0.2, -0.15) is 0 Å². The number of aryl methyl sites for hydroxylation is 2. The molecule has 0 unspecified atom stereocenters. The van der Waals surface area contributed by atoms with Crippen LogP contribution in [0.3, 0.4) is 0 Å². The van der Waals surface area contributed by atoms with Crippen molar-refractivity contribution in [2.24, 2.45) is 0 Å². The average Bonchev–Trinajstić information content (AvgIpc) is 4.03. The SMILES string of the molecule is COc1ccc2cccc(CCn3c(CCN4C(=O)c5cccc(-c6ccc7nc(CCN8C(=O)c9ccccc9C8=O)n(CCn8ccc9ccccc98)c(=O)c7c6)c5C4=O)nc4ccccc4c3=O)c2c1. The summed E-state index contributed by atoms with van der Waals surface area (Å²) >= 11 is 0. The van der Waals surface area contributed by atoms with E-state index in [1.807, 2.05) is 79.0 Å². The van der Waals surface area contributed by atoms with E-state index in [1.165, 1.54) is 9.80 Å². The van der Waals surface area contributed by atoms with Gasteiger partial charge in [-0.05, 0) is 106 Å². The second-order valence-corrected chi connectivity index (χ2v) is 18.3. The van der Waals surface area contributed by atoms with Gasteiger partial charge in [0, 0.05) is 57.3 Å². The van der Waals surface area contributed by atoms with Gasteiger partial charge in [-0.3, -0.25) is 47.7 Å². The number of fused-ring (bicyclic) bond motifs is 6. The van der Waals surface area contributed by atoms with Gasteiger partial charge in [-0.15, -0.1) is 0 Å². The van der Waals surface area contributed by atoms with Crippen LogP contribution in [-0.2, 0) is 38.9 Å². The van der Waals surface area contributed by atoms with Gasteiger partial charge >= 0.3 is 0 Å². The van der Waals surface area contributed by atoms with Gasteiger partial charge < -0.3 is 9.30 Å². The Morgan fingerprint density at radius 1 is 0.452 bits per heavy atom. The van der Waals surface area contributed by atoms with Crippen LogP contribution in [-0.4, -0.2) is 77.3 Å². The Morgan fingerprint density at radius 3 is 1.85 bits per heavy atom. The molecule has 0 spiro atoms. The third-order valence-electron chi connectivity index (χ3n) is 14.3. The predicted octanol–water partition coefficient (Wildman–Crippen LogP) is 8.51. The Labute approximate surface area is 416 Å². The summed E-state index contributed by atoms with van der Waals surface area (Å²) < 4.78 is 10.8. The largest absolute Gasteiger partial charge is 0.497 e. The van der Waals surface area contributed by atoms with Crippen LogP contribution in [0.5, 0.6) is 5.75 Å². The molecular formula is C59H45N7O7. The number of para-hydroxylation sites is 2. The zero-order valence-corrected chi connectivity index (χ0v) is 39.7. The second kappa shape index (κ2) is 18.1. The lowest BCUT2D eigenvalue weighted by molar-refractivity contribution is 0.0639. The van der Waals surface area contributed by atoms with Crippen molar-refractivity contribution < 1.29 is 23.9 Å². The number of hydrogen-bond acceptors (Lipinski definition) is 9. The summed E-state index contributed by atoms with van der Waals surface area (Å²) in [7, 11) is 1.63. The van der Waals surface area contributed by atoms with Crippen LogP contribution in [0.4, 0.5) is 0 Å². The fraction of sp³-hybridized carbons (Fsp3) is 0.153. The highest BCUT2D eigenvalue weighted by Gasteiger charge is 2.38. The molecule has 0 aliphatic carbocycles. The standard InChI is InChI=1S/C59H45N7O7/c1-73-40-22-20-36-11-8-12-37(46(36)35-40)25-29-63-51(60-48-18-6-5-15-44(48)56(63)69)27-31-66-57(70)45-17-9-16-41(53(45)59(66)72)39-21-23-49-47(34-39)58(71)64(33-32-62-28-24-38-10-2-7-19-50(38)62)52(61-49)26-30-65-54(67)42-13-3-4-14-43(42)55(65)68/h2-24,28,34-35H,25-27,29-33H2,1H3. The molecule has 2 aliphatic rings. The molecule has 5 heterocycles. The Kier molecular flexibility index (Phi) is 11.2. The number of carbonyl (C=O) groups excluding carboxylic acids is 4. The molecule has 0 radical (unpaired) electrons. The van der Waals surface area contributed by atoms with Crippen LogP contribution < -0.4 is 15.9 Å². The summed E-state index contributed by atoms with van der Waals surface area (Å²) in [6, 6.07) is 46.2. The van der Waals surface area contributed by atoms with E-state index in [4.69, 9.17) is 14.7 Å². The van der Waals surface area contributed by atoms with Crippen LogP contribution in [0.2, 0.25) is 0 Å². The number of amides is 4. The summed E-state index contributed by atoms with van der Waals surface area (Å²) in [5.74, 6) is -0.143. The molecule has 358 valence electrons. The van der Waals surface area contributed by atoms with Crippen molar-refractivity contribution in [1.29, 1.82) is 0 Å². The molecular weight excluding hydrogens is 919 g/mol. The third kappa shape index (κ3) is 7.75. The van der Waals surface area contributed by atoms with E-state index in [-0.39, 0.29) is 66.5 Å². The first-order chi connectivity index (χ1) is 35.6. The maximum absolute atomic E-state index is 14.8. The lowest BCUT2D eigenvalue weighted by Gasteiger charge is -2.18. The quantitative estimate of drug-likeness (QED) is 0.0975. The number of rotatable bonds is 14. The van der Waals surface area contributed by atoms with E-state index in [1.54, 1.807) is 95.1 Å². The molecule has 3 aromatic heterocycles. The third-order valence-corrected chi connectivity index (χ3v) is 14.3. The molecule has 73 heavy (non-hydrogen) atoms. The molecule has 10 aromatic rings. The molecule has 0 N–H and O–H groups in total. The summed E-state index contributed by atoms with van der Waals surface area (Å²) in [5, 5.41) is 3.90. The van der Waals surface area contributed by atoms with Crippen molar-refractivity contribution in [3.8, 4) is 16.9 Å². The Hall–Kier alpha value is -9.30. The molecule has 14 nitrogen and oxygen atoms in total. The number of aromatic nitrogens is 5. The van der Waals surface area contributed by atoms with Gasteiger partial charge in [0.05, 0.1) is 51.2 Å². The zero-order valence-electron chi connectivity index (χ0n) is 39.7. The second-order valence-electron chi connectivity index (χ2n) is 18.3. The van der Waals surface area contributed by atoms with E-state index in [9.17, 15) is 28.8 Å². The van der Waals surface area contributed by atoms with Crippen LogP contribution in [0.25, 0.3) is 54.6 Å². The highest BCUT2D eigenvalue weighted by atomic mass is 16.5. The highest BCUT2D eigenvalue weighted by Crippen LogP contribution is 2.34. The number of carbonyl (C=O) groups is 4. The molecule has 14 heteroatoms. The van der Waals surface area contributed by atoms with Crippen molar-refractivity contribution in [1.82, 2.24) is 33.5 Å². The highest BCUT2D eigenvalue weighted by molar-refractivity contribution is 6.24. The topological polar surface area (TPSA) is 159 Å². The van der Waals surface area contributed by atoms with Gasteiger partial charge in [0.2, 0.25) is 0 Å². The molecule has 0 atom stereocenters. The Morgan fingerprint density at radius 2 is 1.07 bits per heavy atom. The van der Waals surface area contributed by atoms with E-state index in [2.05, 4.69) is 4.57 Å². The van der Waals surface area contributed by atoms with Crippen LogP contribution in [0, 0.1) is 0 Å². The number of methoxy groups -OCH3 is 1. The van der Waals surface area contributed by atoms with Crippen LogP contribution in [0.1, 0.15) is 58.6 Å². The van der Waals surface area contributed by atoms with Gasteiger partial charge in [0.1, 0.15) is 17.4 Å². The number of nitrogens with zero attached hydrogens (tertiary/aromatic N) is 7. The van der Waals surface area contributed by atoms with E-state index in [0.717, 1.165) is 33.0 Å². The Balaban J connectivity index is 0.848. The van der Waals surface area contributed by atoms with Crippen LogP contribution >= 0.6 is 0 Å². The summed E-state index contributed by atoms with van der Waals surface area (Å²) in [6.45, 7) is 0.972. The molecule has 0 saturated heterocycles. The fourth-order valence-electron chi connectivity index (χ4n) is 10.6. The van der Waals surface area contributed by atoms with Gasteiger partial charge in [0.15, 0.2) is 0 Å². The van der Waals surface area contributed by atoms with Crippen molar-refractivity contribution in [2.75, 3.05) is 20.2 Å². The van der Waals surface area contributed by atoms with Crippen LogP contribution in [0.15, 0.2) is 167 Å². The summed E-state index contributed by atoms with van der Waals surface area (Å²) in [5.41, 5.74) is 4.59. The first kappa shape index (κ1) is 44.9. The lowest BCUT2D eigenvalue weighted by Crippen LogP contribution is -2.34. The Bertz CT molecular complexity index is 4060. The van der Waals surface area contributed by atoms with E-state index >= 15 is 0 Å². The zero-order chi connectivity index (χ0) is 49.9. The molecule has 0 fully saturated rings. The first-order valence-electron chi connectivity index (χ1n) is 24.2. The minimum absolute atomic E-state index is 0.0215. The normalized spacial score (nSPS) is 13.3. The molecule has 12 rings (SSSR count). The van der Waals surface area contributed by atoms with Gasteiger partial charge in [-0.25, -0.2) is 9.97 Å². The maximum Gasteiger partial charge on any atom is 0.262 e. The lowest BCUT2D eigenvalue weighted by atomic mass is 9.95. The van der Waals surface area contributed by atoms with E-state index < -0.39 is 11.8 Å². The molecule has 0 bridgehead atoms. The van der Waals surface area contributed by atoms with E-state index in [0.29, 0.717) is 75.2 Å². The summed E-state index contributed by atoms with van der Waals surface area (Å²) in [4.78, 5) is 96.8. The number of ether oxygens (including phenoxy) is 1. The molecule has 2 aliphatic heterocycles. The van der Waals surface area contributed by atoms with Gasteiger partial charge in [-0.1, -0.05) is 84.9 Å². The van der Waals surface area contributed by atoms with Gasteiger partial charge in [0.25, 0.3) is 34.7 Å². The number of hydrogen-bond donors (Lipinski definition) is 0. The summed E-state index contributed by atoms with van der Waals surface area (Å²) in [6.07, 6.45) is 2.75. The fourth-order valence-corrected chi connectivity index (χ4v) is 10.6. The molecule has 7 aromatic carbocycles. The first-order valence-corrected chi connectivity index (χ1v) is 24.2. The monoisotopic (exact) mass is 963 g/mol. The molecule has 0 saturated carbocycles. The number of imide groups is 2. The minimum atomic E-state index is -0.493. The molecule has 4 amide bonds. The minimum Gasteiger partial charge on any atom is -0.497 e. The predicted molar refractivity (Wildman–Crippen MR) is 278 cm³/mol. The van der Waals surface area contributed by atoms with Crippen molar-refractivity contribution in [3.63, 3.8) is 0 Å². The smallest absolute Gasteiger partial charge is 0.262 e. The maximum atomic E-state index is 14.8. The van der Waals surface area contributed by atoms with Crippen molar-refractivity contribution >= 4 is 67.1 Å². The van der Waals surface area contributed by atoms with Crippen molar-refractivity contribution in [3.05, 3.63) is 218 Å².